The lowest BCUT2D eigenvalue weighted by atomic mass is 10.2. The number of halogens is 1. The van der Waals surface area contributed by atoms with Crippen molar-refractivity contribution >= 4 is 36.0 Å². The fourth-order valence-corrected chi connectivity index (χ4v) is 3.39. The SMILES string of the molecule is C=c1cccc/c1=C/N(N)CC(=O)N1CCN(c2ccc(Cl)c(OC)c2)CC1. The number of benzene rings is 2. The van der Waals surface area contributed by atoms with Gasteiger partial charge in [-0.2, -0.15) is 0 Å². The molecule has 3 rings (SSSR count). The van der Waals surface area contributed by atoms with Gasteiger partial charge in [0.15, 0.2) is 0 Å². The van der Waals surface area contributed by atoms with Gasteiger partial charge in [0.25, 0.3) is 0 Å². The van der Waals surface area contributed by atoms with E-state index < -0.39 is 0 Å². The Morgan fingerprint density at radius 3 is 2.64 bits per heavy atom. The number of nitrogens with zero attached hydrogens (tertiary/aromatic N) is 3. The van der Waals surface area contributed by atoms with Crippen molar-refractivity contribution in [2.45, 2.75) is 0 Å². The Kier molecular flexibility index (Phi) is 6.44. The zero-order chi connectivity index (χ0) is 20.1. The maximum absolute atomic E-state index is 12.6. The summed E-state index contributed by atoms with van der Waals surface area (Å²) in [6.45, 7) is 6.86. The molecule has 7 heteroatoms. The van der Waals surface area contributed by atoms with Crippen LogP contribution in [0.5, 0.6) is 5.75 Å². The lowest BCUT2D eigenvalue weighted by Gasteiger charge is -2.36. The molecule has 0 saturated carbocycles. The average Bonchev–Trinajstić information content (AvgIpc) is 2.70. The summed E-state index contributed by atoms with van der Waals surface area (Å²) in [4.78, 5) is 16.6. The van der Waals surface area contributed by atoms with E-state index in [0.717, 1.165) is 29.2 Å². The number of hydrogen-bond acceptors (Lipinski definition) is 5. The first kappa shape index (κ1) is 20.0. The molecule has 0 radical (unpaired) electrons. The van der Waals surface area contributed by atoms with E-state index in [1.165, 1.54) is 5.01 Å². The van der Waals surface area contributed by atoms with E-state index in [0.29, 0.717) is 23.9 Å². The molecule has 6 nitrogen and oxygen atoms in total. The molecule has 0 aromatic heterocycles. The second-order valence-corrected chi connectivity index (χ2v) is 7.09. The smallest absolute Gasteiger partial charge is 0.243 e. The Morgan fingerprint density at radius 1 is 1.25 bits per heavy atom. The quantitative estimate of drug-likeness (QED) is 0.600. The molecule has 0 spiro atoms. The average molecular weight is 401 g/mol. The van der Waals surface area contributed by atoms with Crippen molar-refractivity contribution in [1.29, 1.82) is 0 Å². The third-order valence-corrected chi connectivity index (χ3v) is 5.12. The number of carbonyl (C=O) groups is 1. The second-order valence-electron chi connectivity index (χ2n) is 6.69. The van der Waals surface area contributed by atoms with Crippen molar-refractivity contribution in [3.8, 4) is 5.75 Å². The molecule has 0 atom stereocenters. The molecule has 2 aromatic rings. The number of ether oxygens (including phenoxy) is 1. The number of nitrogens with two attached hydrogens (primary N) is 1. The maximum atomic E-state index is 12.6. The van der Waals surface area contributed by atoms with Gasteiger partial charge < -0.3 is 19.5 Å². The summed E-state index contributed by atoms with van der Waals surface area (Å²) in [5, 5.41) is 3.78. The molecule has 1 saturated heterocycles. The fourth-order valence-electron chi connectivity index (χ4n) is 3.20. The zero-order valence-electron chi connectivity index (χ0n) is 16.0. The standard InChI is InChI=1S/C21H25ClN4O2/c1-16-5-3-4-6-17(16)14-26(23)15-21(27)25-11-9-24(10-12-25)18-7-8-19(22)20(13-18)28-2/h3-8,13-14H,1,9-12,15,23H2,2H3/b17-14-. The lowest BCUT2D eigenvalue weighted by Crippen LogP contribution is -2.51. The highest BCUT2D eigenvalue weighted by Crippen LogP contribution is 2.29. The molecular weight excluding hydrogens is 376 g/mol. The van der Waals surface area contributed by atoms with Gasteiger partial charge >= 0.3 is 0 Å². The number of carbonyl (C=O) groups excluding carboxylic acids is 1. The van der Waals surface area contributed by atoms with Crippen molar-refractivity contribution in [3.05, 3.63) is 57.9 Å². The van der Waals surface area contributed by atoms with E-state index in [-0.39, 0.29) is 12.5 Å². The summed E-state index contributed by atoms with van der Waals surface area (Å²) in [5.74, 6) is 6.67. The number of amides is 1. The van der Waals surface area contributed by atoms with Crippen LogP contribution in [0, 0.1) is 0 Å². The molecule has 2 N–H and O–H groups in total. The van der Waals surface area contributed by atoms with Crippen LogP contribution in [0.4, 0.5) is 5.69 Å². The van der Waals surface area contributed by atoms with Gasteiger partial charge in [0.05, 0.1) is 12.1 Å². The van der Waals surface area contributed by atoms with E-state index in [1.54, 1.807) is 13.3 Å². The number of piperazine rings is 1. The largest absolute Gasteiger partial charge is 0.495 e. The van der Waals surface area contributed by atoms with Gasteiger partial charge in [0.2, 0.25) is 5.91 Å². The fraction of sp³-hybridized carbons (Fsp3) is 0.286. The zero-order valence-corrected chi connectivity index (χ0v) is 16.7. The van der Waals surface area contributed by atoms with Gasteiger partial charge in [-0.3, -0.25) is 4.79 Å². The first-order chi connectivity index (χ1) is 13.5. The number of methoxy groups -OCH3 is 1. The topological polar surface area (TPSA) is 62.0 Å². The lowest BCUT2D eigenvalue weighted by molar-refractivity contribution is -0.131. The number of anilines is 1. The van der Waals surface area contributed by atoms with Crippen molar-refractivity contribution in [1.82, 2.24) is 9.91 Å². The number of rotatable bonds is 5. The summed E-state index contributed by atoms with van der Waals surface area (Å²) in [5.41, 5.74) is 1.04. The van der Waals surface area contributed by atoms with Gasteiger partial charge in [-0.05, 0) is 22.6 Å². The predicted molar refractivity (Wildman–Crippen MR) is 113 cm³/mol. The Morgan fingerprint density at radius 2 is 1.96 bits per heavy atom. The van der Waals surface area contributed by atoms with Crippen LogP contribution >= 0.6 is 11.6 Å². The predicted octanol–water partition coefficient (Wildman–Crippen LogP) is 1.02. The Hall–Kier alpha value is -2.70. The van der Waals surface area contributed by atoms with Crippen LogP contribution in [0.3, 0.4) is 0 Å². The second kappa shape index (κ2) is 8.99. The summed E-state index contributed by atoms with van der Waals surface area (Å²) >= 11 is 6.10. The number of hydrazine groups is 1. The molecule has 1 amide bonds. The van der Waals surface area contributed by atoms with Crippen LogP contribution < -0.4 is 25.9 Å². The third kappa shape index (κ3) is 4.77. The molecule has 1 heterocycles. The first-order valence-corrected chi connectivity index (χ1v) is 9.49. The Labute approximate surface area is 170 Å². The molecule has 0 aliphatic carbocycles. The Balaban J connectivity index is 1.57. The van der Waals surface area contributed by atoms with E-state index in [4.69, 9.17) is 22.2 Å². The highest BCUT2D eigenvalue weighted by atomic mass is 35.5. The molecule has 1 aliphatic heterocycles. The molecule has 0 bridgehead atoms. The Bertz CT molecular complexity index is 942. The van der Waals surface area contributed by atoms with Gasteiger partial charge in [-0.15, -0.1) is 0 Å². The number of hydrogen-bond donors (Lipinski definition) is 1. The van der Waals surface area contributed by atoms with Crippen LogP contribution in [0.1, 0.15) is 0 Å². The highest BCUT2D eigenvalue weighted by Gasteiger charge is 2.22. The molecule has 1 aliphatic rings. The van der Waals surface area contributed by atoms with Gasteiger partial charge in [0.1, 0.15) is 12.3 Å². The molecule has 2 aromatic carbocycles. The van der Waals surface area contributed by atoms with E-state index in [1.807, 2.05) is 47.4 Å². The minimum absolute atomic E-state index is 0.00799. The van der Waals surface area contributed by atoms with Crippen LogP contribution in [-0.2, 0) is 4.79 Å². The van der Waals surface area contributed by atoms with E-state index >= 15 is 0 Å². The third-order valence-electron chi connectivity index (χ3n) is 4.81. The summed E-state index contributed by atoms with van der Waals surface area (Å²) in [6.07, 6.45) is 1.75. The highest BCUT2D eigenvalue weighted by molar-refractivity contribution is 6.32. The van der Waals surface area contributed by atoms with Crippen LogP contribution in [-0.4, -0.2) is 55.6 Å². The van der Waals surface area contributed by atoms with Gasteiger partial charge in [-0.1, -0.05) is 42.4 Å². The summed E-state index contributed by atoms with van der Waals surface area (Å²) in [7, 11) is 1.60. The minimum atomic E-state index is 0.00799. The first-order valence-electron chi connectivity index (χ1n) is 9.11. The molecule has 148 valence electrons. The molecular formula is C21H25ClN4O2. The van der Waals surface area contributed by atoms with Crippen molar-refractivity contribution in [3.63, 3.8) is 0 Å². The van der Waals surface area contributed by atoms with Crippen LogP contribution in [0.15, 0.2) is 42.5 Å². The van der Waals surface area contributed by atoms with Crippen LogP contribution in [0.2, 0.25) is 5.02 Å². The molecule has 0 unspecified atom stereocenters. The van der Waals surface area contributed by atoms with E-state index in [2.05, 4.69) is 11.5 Å². The molecule has 28 heavy (non-hydrogen) atoms. The minimum Gasteiger partial charge on any atom is -0.495 e. The molecule has 1 fully saturated rings. The summed E-state index contributed by atoms with van der Waals surface area (Å²) < 4.78 is 5.29. The van der Waals surface area contributed by atoms with Gasteiger partial charge in [-0.25, -0.2) is 5.84 Å². The van der Waals surface area contributed by atoms with Crippen LogP contribution in [0.25, 0.3) is 12.8 Å². The van der Waals surface area contributed by atoms with Crippen molar-refractivity contribution < 1.29 is 9.53 Å². The monoisotopic (exact) mass is 400 g/mol. The summed E-state index contributed by atoms with van der Waals surface area (Å²) in [6, 6.07) is 13.4. The normalized spacial score (nSPS) is 14.9. The van der Waals surface area contributed by atoms with E-state index in [9.17, 15) is 4.79 Å². The van der Waals surface area contributed by atoms with Crippen molar-refractivity contribution in [2.24, 2.45) is 5.84 Å². The maximum Gasteiger partial charge on any atom is 0.243 e. The van der Waals surface area contributed by atoms with Crippen molar-refractivity contribution in [2.75, 3.05) is 44.7 Å². The van der Waals surface area contributed by atoms with Gasteiger partial charge in [0, 0.05) is 44.1 Å².